The van der Waals surface area contributed by atoms with Gasteiger partial charge in [0.2, 0.25) is 5.82 Å². The fourth-order valence-electron chi connectivity index (χ4n) is 3.01. The Kier molecular flexibility index (Phi) is 4.71. The number of nitrogens with one attached hydrogen (secondary N) is 1. The standard InChI is InChI=1S/C15H23N7O/c1-20(2)8-9-21-7-5-16-14(21)12-4-3-6-22(10-12)15(23)13-17-11-18-19-13/h5,7,11-12H,3-4,6,8-10H2,1-2H3,(H,17,18,19)/t12-/m1/s1. The van der Waals surface area contributed by atoms with Gasteiger partial charge in [-0.25, -0.2) is 9.97 Å². The largest absolute Gasteiger partial charge is 0.335 e. The van der Waals surface area contributed by atoms with Crippen LogP contribution in [0.15, 0.2) is 18.7 Å². The lowest BCUT2D eigenvalue weighted by molar-refractivity contribution is 0.0691. The molecule has 1 fully saturated rings. The molecule has 23 heavy (non-hydrogen) atoms. The number of rotatable bonds is 5. The normalized spacial score (nSPS) is 18.6. The number of nitrogens with zero attached hydrogens (tertiary/aromatic N) is 6. The lowest BCUT2D eigenvalue weighted by atomic mass is 9.97. The maximum absolute atomic E-state index is 12.4. The number of carbonyl (C=O) groups excluding carboxylic acids is 1. The number of carbonyl (C=O) groups is 1. The third kappa shape index (κ3) is 3.58. The number of imidazole rings is 1. The molecule has 1 amide bonds. The van der Waals surface area contributed by atoms with Crippen LogP contribution in [-0.2, 0) is 6.54 Å². The van der Waals surface area contributed by atoms with E-state index < -0.39 is 0 Å². The Morgan fingerprint density at radius 3 is 3.04 bits per heavy atom. The average molecular weight is 317 g/mol. The first-order valence-electron chi connectivity index (χ1n) is 7.95. The van der Waals surface area contributed by atoms with Gasteiger partial charge in [-0.3, -0.25) is 9.89 Å². The lowest BCUT2D eigenvalue weighted by Crippen LogP contribution is -2.40. The van der Waals surface area contributed by atoms with Crippen LogP contribution in [0.25, 0.3) is 0 Å². The molecule has 0 bridgehead atoms. The Balaban J connectivity index is 1.69. The SMILES string of the molecule is CN(C)CCn1ccnc1[C@@H]1CCCN(C(=O)c2ncn[nH]2)C1. The average Bonchev–Trinajstić information content (AvgIpc) is 3.23. The van der Waals surface area contributed by atoms with Crippen molar-refractivity contribution in [2.75, 3.05) is 33.7 Å². The molecule has 0 spiro atoms. The van der Waals surface area contributed by atoms with Crippen LogP contribution in [0.4, 0.5) is 0 Å². The number of hydrogen-bond donors (Lipinski definition) is 1. The number of H-pyrrole nitrogens is 1. The van der Waals surface area contributed by atoms with Crippen LogP contribution in [0, 0.1) is 0 Å². The zero-order valence-corrected chi connectivity index (χ0v) is 13.6. The van der Waals surface area contributed by atoms with Crippen molar-refractivity contribution >= 4 is 5.91 Å². The first-order chi connectivity index (χ1) is 11.1. The highest BCUT2D eigenvalue weighted by atomic mass is 16.2. The van der Waals surface area contributed by atoms with Gasteiger partial charge in [-0.15, -0.1) is 0 Å². The predicted octanol–water partition coefficient (Wildman–Crippen LogP) is 0.583. The van der Waals surface area contributed by atoms with Crippen LogP contribution < -0.4 is 0 Å². The van der Waals surface area contributed by atoms with E-state index in [1.54, 1.807) is 0 Å². The highest BCUT2D eigenvalue weighted by Gasteiger charge is 2.29. The van der Waals surface area contributed by atoms with E-state index in [1.165, 1.54) is 6.33 Å². The summed E-state index contributed by atoms with van der Waals surface area (Å²) in [5.74, 6) is 1.56. The van der Waals surface area contributed by atoms with Crippen molar-refractivity contribution in [2.24, 2.45) is 0 Å². The number of aromatic amines is 1. The maximum Gasteiger partial charge on any atom is 0.291 e. The fourth-order valence-corrected chi connectivity index (χ4v) is 3.01. The molecule has 0 radical (unpaired) electrons. The van der Waals surface area contributed by atoms with E-state index in [-0.39, 0.29) is 11.8 Å². The molecule has 8 heteroatoms. The second-order valence-electron chi connectivity index (χ2n) is 6.21. The second kappa shape index (κ2) is 6.91. The van der Waals surface area contributed by atoms with Gasteiger partial charge < -0.3 is 14.4 Å². The van der Waals surface area contributed by atoms with Gasteiger partial charge in [0.25, 0.3) is 5.91 Å². The van der Waals surface area contributed by atoms with Gasteiger partial charge in [0.05, 0.1) is 0 Å². The van der Waals surface area contributed by atoms with Crippen LogP contribution in [0.2, 0.25) is 0 Å². The number of likely N-dealkylation sites (N-methyl/N-ethyl adjacent to an activating group) is 1. The van der Waals surface area contributed by atoms with Gasteiger partial charge in [-0.05, 0) is 26.9 Å². The van der Waals surface area contributed by atoms with E-state index >= 15 is 0 Å². The summed E-state index contributed by atoms with van der Waals surface area (Å²) in [5, 5.41) is 6.41. The van der Waals surface area contributed by atoms with E-state index in [2.05, 4.69) is 43.7 Å². The molecular weight excluding hydrogens is 294 g/mol. The Morgan fingerprint density at radius 2 is 2.30 bits per heavy atom. The molecule has 1 atom stereocenters. The van der Waals surface area contributed by atoms with E-state index in [0.29, 0.717) is 12.4 Å². The van der Waals surface area contributed by atoms with Gasteiger partial charge in [-0.1, -0.05) is 0 Å². The van der Waals surface area contributed by atoms with Gasteiger partial charge in [0, 0.05) is 44.5 Å². The molecule has 1 aliphatic rings. The van der Waals surface area contributed by atoms with Gasteiger partial charge >= 0.3 is 0 Å². The van der Waals surface area contributed by atoms with Crippen molar-refractivity contribution in [1.82, 2.24) is 34.5 Å². The minimum Gasteiger partial charge on any atom is -0.335 e. The molecule has 8 nitrogen and oxygen atoms in total. The summed E-state index contributed by atoms with van der Waals surface area (Å²) >= 11 is 0. The highest BCUT2D eigenvalue weighted by molar-refractivity contribution is 5.90. The highest BCUT2D eigenvalue weighted by Crippen LogP contribution is 2.26. The molecule has 2 aromatic rings. The Hall–Kier alpha value is -2.22. The molecule has 124 valence electrons. The van der Waals surface area contributed by atoms with Gasteiger partial charge in [0.15, 0.2) is 0 Å². The number of hydrogen-bond acceptors (Lipinski definition) is 5. The summed E-state index contributed by atoms with van der Waals surface area (Å²) in [6.45, 7) is 3.32. The van der Waals surface area contributed by atoms with Crippen LogP contribution >= 0.6 is 0 Å². The van der Waals surface area contributed by atoms with Crippen LogP contribution in [0.5, 0.6) is 0 Å². The number of likely N-dealkylation sites (tertiary alicyclic amines) is 1. The van der Waals surface area contributed by atoms with Gasteiger partial charge in [-0.2, -0.15) is 5.10 Å². The molecule has 0 unspecified atom stereocenters. The molecule has 3 heterocycles. The molecule has 1 saturated heterocycles. The van der Waals surface area contributed by atoms with Crippen molar-refractivity contribution in [3.05, 3.63) is 30.4 Å². The minimum absolute atomic E-state index is 0.0846. The van der Waals surface area contributed by atoms with Crippen molar-refractivity contribution in [1.29, 1.82) is 0 Å². The van der Waals surface area contributed by atoms with Crippen molar-refractivity contribution in [3.8, 4) is 0 Å². The third-order valence-corrected chi connectivity index (χ3v) is 4.23. The number of aromatic nitrogens is 5. The Bertz CT molecular complexity index is 634. The van der Waals surface area contributed by atoms with Crippen molar-refractivity contribution < 1.29 is 4.79 Å². The molecular formula is C15H23N7O. The van der Waals surface area contributed by atoms with Crippen molar-refractivity contribution in [2.45, 2.75) is 25.3 Å². The van der Waals surface area contributed by atoms with E-state index in [1.807, 2.05) is 17.3 Å². The first-order valence-corrected chi connectivity index (χ1v) is 7.95. The molecule has 3 rings (SSSR count). The maximum atomic E-state index is 12.4. The van der Waals surface area contributed by atoms with E-state index in [0.717, 1.165) is 38.3 Å². The first kappa shape index (κ1) is 15.7. The molecule has 2 aromatic heterocycles. The third-order valence-electron chi connectivity index (χ3n) is 4.23. The van der Waals surface area contributed by atoms with Crippen LogP contribution in [0.1, 0.15) is 35.2 Å². The van der Waals surface area contributed by atoms with Crippen LogP contribution in [0.3, 0.4) is 0 Å². The predicted molar refractivity (Wildman–Crippen MR) is 85.0 cm³/mol. The zero-order valence-electron chi connectivity index (χ0n) is 13.6. The van der Waals surface area contributed by atoms with E-state index in [4.69, 9.17) is 0 Å². The number of amides is 1. The Labute approximate surface area is 135 Å². The van der Waals surface area contributed by atoms with Crippen LogP contribution in [-0.4, -0.2) is 74.2 Å². The molecule has 1 N–H and O–H groups in total. The smallest absolute Gasteiger partial charge is 0.291 e. The fraction of sp³-hybridized carbons (Fsp3) is 0.600. The number of piperidine rings is 1. The Morgan fingerprint density at radius 1 is 1.43 bits per heavy atom. The summed E-state index contributed by atoms with van der Waals surface area (Å²) in [6, 6.07) is 0. The minimum atomic E-state index is -0.0846. The summed E-state index contributed by atoms with van der Waals surface area (Å²) in [4.78, 5) is 24.9. The quantitative estimate of drug-likeness (QED) is 0.872. The summed E-state index contributed by atoms with van der Waals surface area (Å²) in [5.41, 5.74) is 0. The molecule has 0 aliphatic carbocycles. The monoisotopic (exact) mass is 317 g/mol. The van der Waals surface area contributed by atoms with Gasteiger partial charge in [0.1, 0.15) is 12.2 Å². The summed E-state index contributed by atoms with van der Waals surface area (Å²) in [6.07, 6.45) is 7.27. The lowest BCUT2D eigenvalue weighted by Gasteiger charge is -2.32. The molecule has 1 aliphatic heterocycles. The molecule has 0 aromatic carbocycles. The summed E-state index contributed by atoms with van der Waals surface area (Å²) in [7, 11) is 4.13. The van der Waals surface area contributed by atoms with E-state index in [9.17, 15) is 4.79 Å². The molecule has 0 saturated carbocycles. The second-order valence-corrected chi connectivity index (χ2v) is 6.21. The zero-order chi connectivity index (χ0) is 16.2. The summed E-state index contributed by atoms with van der Waals surface area (Å²) < 4.78 is 2.20. The van der Waals surface area contributed by atoms with Crippen molar-refractivity contribution in [3.63, 3.8) is 0 Å². The topological polar surface area (TPSA) is 82.9 Å².